The number of fused-ring (bicyclic) bond motifs is 1. The summed E-state index contributed by atoms with van der Waals surface area (Å²) in [5, 5.41) is 0. The summed E-state index contributed by atoms with van der Waals surface area (Å²) in [4.78, 5) is 7.84. The van der Waals surface area contributed by atoms with Gasteiger partial charge in [0.15, 0.2) is 11.6 Å². The molecule has 0 aliphatic carbocycles. The summed E-state index contributed by atoms with van der Waals surface area (Å²) in [7, 11) is 0. The largest absolute Gasteiger partial charge is 0.489 e. The number of halogens is 2. The van der Waals surface area contributed by atoms with Crippen LogP contribution in [0.25, 0.3) is 22.4 Å². The van der Waals surface area contributed by atoms with E-state index in [0.29, 0.717) is 5.75 Å². The third kappa shape index (κ3) is 3.21. The number of para-hydroxylation sites is 2. The first-order chi connectivity index (χ1) is 12.2. The van der Waals surface area contributed by atoms with Gasteiger partial charge in [-0.15, -0.1) is 0 Å². The first kappa shape index (κ1) is 15.3. The molecule has 0 aliphatic rings. The number of aromatic amines is 1. The van der Waals surface area contributed by atoms with E-state index in [1.165, 1.54) is 6.07 Å². The van der Waals surface area contributed by atoms with Crippen molar-refractivity contribution in [1.29, 1.82) is 0 Å². The fourth-order valence-corrected chi connectivity index (χ4v) is 2.58. The molecule has 0 saturated carbocycles. The molecule has 124 valence electrons. The molecule has 1 N–H and O–H groups in total. The summed E-state index contributed by atoms with van der Waals surface area (Å²) in [6.07, 6.45) is 0. The molecule has 1 heterocycles. The lowest BCUT2D eigenvalue weighted by molar-refractivity contribution is 0.303. The maximum atomic E-state index is 13.2. The molecule has 0 atom stereocenters. The number of H-pyrrole nitrogens is 1. The van der Waals surface area contributed by atoms with Crippen LogP contribution >= 0.6 is 0 Å². The number of aromatic nitrogens is 2. The summed E-state index contributed by atoms with van der Waals surface area (Å²) in [6, 6.07) is 19.1. The van der Waals surface area contributed by atoms with Gasteiger partial charge in [0, 0.05) is 11.6 Å². The monoisotopic (exact) mass is 336 g/mol. The Kier molecular flexibility index (Phi) is 3.90. The Labute approximate surface area is 142 Å². The molecular formula is C20H14F2N2O. The number of imidazole rings is 1. The van der Waals surface area contributed by atoms with Gasteiger partial charge in [0.1, 0.15) is 18.2 Å². The topological polar surface area (TPSA) is 37.9 Å². The van der Waals surface area contributed by atoms with Gasteiger partial charge in [-0.2, -0.15) is 0 Å². The molecule has 1 aromatic heterocycles. The van der Waals surface area contributed by atoms with Crippen molar-refractivity contribution in [3.05, 3.63) is 83.9 Å². The van der Waals surface area contributed by atoms with E-state index >= 15 is 0 Å². The molecule has 0 amide bonds. The predicted octanol–water partition coefficient (Wildman–Crippen LogP) is 5.09. The second kappa shape index (κ2) is 6.36. The van der Waals surface area contributed by atoms with Crippen molar-refractivity contribution < 1.29 is 13.5 Å². The van der Waals surface area contributed by atoms with Gasteiger partial charge in [0.2, 0.25) is 0 Å². The van der Waals surface area contributed by atoms with E-state index in [0.717, 1.165) is 40.1 Å². The van der Waals surface area contributed by atoms with Gasteiger partial charge in [-0.25, -0.2) is 13.8 Å². The minimum absolute atomic E-state index is 0.269. The first-order valence-corrected chi connectivity index (χ1v) is 7.81. The molecule has 4 rings (SSSR count). The van der Waals surface area contributed by atoms with E-state index in [1.807, 2.05) is 48.5 Å². The van der Waals surface area contributed by atoms with Crippen LogP contribution in [0, 0.1) is 11.6 Å². The molecule has 0 radical (unpaired) electrons. The van der Waals surface area contributed by atoms with Crippen molar-refractivity contribution in [3.8, 4) is 17.1 Å². The number of benzene rings is 3. The zero-order valence-electron chi connectivity index (χ0n) is 13.2. The standard InChI is InChI=1S/C20H14F2N2O/c21-16-10-9-15(11-17(16)22)25-12-13-5-7-14(8-6-13)20-23-18-3-1-2-4-19(18)24-20/h1-11H,12H2,(H,23,24). The van der Waals surface area contributed by atoms with E-state index < -0.39 is 11.6 Å². The van der Waals surface area contributed by atoms with E-state index in [4.69, 9.17) is 4.74 Å². The van der Waals surface area contributed by atoms with Crippen molar-refractivity contribution in [2.75, 3.05) is 0 Å². The molecule has 4 aromatic rings. The van der Waals surface area contributed by atoms with Crippen molar-refractivity contribution in [2.45, 2.75) is 6.61 Å². The summed E-state index contributed by atoms with van der Waals surface area (Å²) < 4.78 is 31.6. The molecule has 5 heteroatoms. The van der Waals surface area contributed by atoms with Crippen LogP contribution in [0.4, 0.5) is 8.78 Å². The van der Waals surface area contributed by atoms with E-state index in [-0.39, 0.29) is 6.61 Å². The van der Waals surface area contributed by atoms with E-state index in [2.05, 4.69) is 9.97 Å². The second-order valence-electron chi connectivity index (χ2n) is 5.66. The van der Waals surface area contributed by atoms with Gasteiger partial charge in [-0.1, -0.05) is 36.4 Å². The maximum absolute atomic E-state index is 13.2. The van der Waals surface area contributed by atoms with Crippen LogP contribution in [-0.2, 0) is 6.61 Å². The van der Waals surface area contributed by atoms with Gasteiger partial charge in [-0.3, -0.25) is 0 Å². The van der Waals surface area contributed by atoms with E-state index in [1.54, 1.807) is 0 Å². The maximum Gasteiger partial charge on any atom is 0.162 e. The highest BCUT2D eigenvalue weighted by Crippen LogP contribution is 2.22. The van der Waals surface area contributed by atoms with Gasteiger partial charge in [0.05, 0.1) is 11.0 Å². The molecule has 3 nitrogen and oxygen atoms in total. The Hall–Kier alpha value is -3.21. The van der Waals surface area contributed by atoms with Crippen LogP contribution < -0.4 is 4.74 Å². The van der Waals surface area contributed by atoms with Crippen LogP contribution in [0.5, 0.6) is 5.75 Å². The minimum Gasteiger partial charge on any atom is -0.489 e. The zero-order chi connectivity index (χ0) is 17.2. The molecular weight excluding hydrogens is 322 g/mol. The number of hydrogen-bond acceptors (Lipinski definition) is 2. The van der Waals surface area contributed by atoms with Crippen LogP contribution in [0.3, 0.4) is 0 Å². The molecule has 0 fully saturated rings. The molecule has 3 aromatic carbocycles. The SMILES string of the molecule is Fc1ccc(OCc2ccc(-c3nc4ccccc4[nH]3)cc2)cc1F. The quantitative estimate of drug-likeness (QED) is 0.564. The lowest BCUT2D eigenvalue weighted by Gasteiger charge is -2.07. The fraction of sp³-hybridized carbons (Fsp3) is 0.0500. The number of hydrogen-bond donors (Lipinski definition) is 1. The number of rotatable bonds is 4. The van der Waals surface area contributed by atoms with Gasteiger partial charge in [-0.05, 0) is 29.8 Å². The Morgan fingerprint density at radius 1 is 0.880 bits per heavy atom. The Morgan fingerprint density at radius 2 is 1.68 bits per heavy atom. The van der Waals surface area contributed by atoms with Crippen molar-refractivity contribution in [1.82, 2.24) is 9.97 Å². The Morgan fingerprint density at radius 3 is 2.44 bits per heavy atom. The average Bonchev–Trinajstić information content (AvgIpc) is 3.07. The van der Waals surface area contributed by atoms with Gasteiger partial charge < -0.3 is 9.72 Å². The summed E-state index contributed by atoms with van der Waals surface area (Å²) >= 11 is 0. The van der Waals surface area contributed by atoms with E-state index in [9.17, 15) is 8.78 Å². The molecule has 0 unspecified atom stereocenters. The lowest BCUT2D eigenvalue weighted by atomic mass is 10.1. The molecule has 0 aliphatic heterocycles. The molecule has 0 bridgehead atoms. The summed E-state index contributed by atoms with van der Waals surface area (Å²) in [5.74, 6) is -0.713. The third-order valence-corrected chi connectivity index (χ3v) is 3.91. The highest BCUT2D eigenvalue weighted by atomic mass is 19.2. The summed E-state index contributed by atoms with van der Waals surface area (Å²) in [6.45, 7) is 0.269. The first-order valence-electron chi connectivity index (χ1n) is 7.81. The van der Waals surface area contributed by atoms with Crippen LogP contribution in [-0.4, -0.2) is 9.97 Å². The van der Waals surface area contributed by atoms with Gasteiger partial charge >= 0.3 is 0 Å². The highest BCUT2D eigenvalue weighted by molar-refractivity contribution is 5.79. The third-order valence-electron chi connectivity index (χ3n) is 3.91. The Balaban J connectivity index is 1.48. The number of nitrogens with zero attached hydrogens (tertiary/aromatic N) is 1. The molecule has 25 heavy (non-hydrogen) atoms. The number of ether oxygens (including phenoxy) is 1. The molecule has 0 spiro atoms. The van der Waals surface area contributed by atoms with Crippen molar-refractivity contribution in [2.24, 2.45) is 0 Å². The Bertz CT molecular complexity index is 992. The zero-order valence-corrected chi connectivity index (χ0v) is 13.2. The van der Waals surface area contributed by atoms with Crippen LogP contribution in [0.15, 0.2) is 66.7 Å². The lowest BCUT2D eigenvalue weighted by Crippen LogP contribution is -1.96. The normalized spacial score (nSPS) is 11.0. The van der Waals surface area contributed by atoms with Crippen LogP contribution in [0.2, 0.25) is 0 Å². The average molecular weight is 336 g/mol. The highest BCUT2D eigenvalue weighted by Gasteiger charge is 2.06. The van der Waals surface area contributed by atoms with Crippen molar-refractivity contribution in [3.63, 3.8) is 0 Å². The fourth-order valence-electron chi connectivity index (χ4n) is 2.58. The minimum atomic E-state index is -0.919. The van der Waals surface area contributed by atoms with Gasteiger partial charge in [0.25, 0.3) is 0 Å². The summed E-state index contributed by atoms with van der Waals surface area (Å²) in [5.41, 5.74) is 3.80. The number of nitrogens with one attached hydrogen (secondary N) is 1. The van der Waals surface area contributed by atoms with Crippen LogP contribution in [0.1, 0.15) is 5.56 Å². The second-order valence-corrected chi connectivity index (χ2v) is 5.66. The predicted molar refractivity (Wildman–Crippen MR) is 92.2 cm³/mol. The van der Waals surface area contributed by atoms with Crippen molar-refractivity contribution >= 4 is 11.0 Å². The smallest absolute Gasteiger partial charge is 0.162 e. The molecule has 0 saturated heterocycles.